The van der Waals surface area contributed by atoms with Gasteiger partial charge in [0.15, 0.2) is 0 Å². The van der Waals surface area contributed by atoms with Gasteiger partial charge in [0.1, 0.15) is 11.4 Å². The Labute approximate surface area is 136 Å². The molecule has 1 aromatic carbocycles. The Morgan fingerprint density at radius 2 is 1.91 bits per heavy atom. The van der Waals surface area contributed by atoms with E-state index in [2.05, 4.69) is 0 Å². The molecule has 1 aromatic heterocycles. The fraction of sp³-hybridized carbons (Fsp3) is 0.250. The van der Waals surface area contributed by atoms with Gasteiger partial charge in [-0.25, -0.2) is 9.69 Å². The maximum absolute atomic E-state index is 12.8. The molecule has 3 amide bonds. The number of hydrogen-bond donors (Lipinski definition) is 0. The van der Waals surface area contributed by atoms with Crippen molar-refractivity contribution < 1.29 is 9.59 Å². The van der Waals surface area contributed by atoms with Crippen LogP contribution >= 0.6 is 23.1 Å². The number of hydrogen-bond acceptors (Lipinski definition) is 4. The van der Waals surface area contributed by atoms with Crippen molar-refractivity contribution in [1.82, 2.24) is 4.90 Å². The molecule has 4 nitrogen and oxygen atoms in total. The normalized spacial score (nSPS) is 24.2. The summed E-state index contributed by atoms with van der Waals surface area (Å²) in [5.74, 6) is 0.551. The zero-order valence-electron chi connectivity index (χ0n) is 11.9. The van der Waals surface area contributed by atoms with Crippen molar-refractivity contribution >= 4 is 40.7 Å². The highest BCUT2D eigenvalue weighted by molar-refractivity contribution is 7.99. The third kappa shape index (κ3) is 1.98. The summed E-state index contributed by atoms with van der Waals surface area (Å²) in [7, 11) is 0. The zero-order valence-corrected chi connectivity index (χ0v) is 13.6. The molecule has 2 unspecified atom stereocenters. The first-order valence-corrected chi connectivity index (χ1v) is 8.97. The molecule has 6 heteroatoms. The topological polar surface area (TPSA) is 40.6 Å². The lowest BCUT2D eigenvalue weighted by molar-refractivity contribution is -0.119. The Morgan fingerprint density at radius 1 is 1.14 bits per heavy atom. The fourth-order valence-electron chi connectivity index (χ4n) is 2.87. The van der Waals surface area contributed by atoms with Gasteiger partial charge in [0.05, 0.1) is 5.69 Å². The molecule has 0 spiro atoms. The van der Waals surface area contributed by atoms with Crippen LogP contribution in [0, 0.1) is 6.92 Å². The molecule has 2 aliphatic heterocycles. The monoisotopic (exact) mass is 330 g/mol. The Kier molecular flexibility index (Phi) is 3.23. The van der Waals surface area contributed by atoms with Crippen molar-refractivity contribution in [3.05, 3.63) is 52.2 Å². The standard InChI is InChI=1S/C16H14N2O2S2/c1-10-4-6-11(7-5-10)17-14(19)12-9-22-15(18(12)16(17)20)13-3-2-8-21-13/h2-8,12,15H,9H2,1H3. The number of rotatable bonds is 2. The van der Waals surface area contributed by atoms with E-state index in [9.17, 15) is 9.59 Å². The highest BCUT2D eigenvalue weighted by Gasteiger charge is 2.53. The molecule has 2 fully saturated rings. The Balaban J connectivity index is 1.69. The van der Waals surface area contributed by atoms with Crippen molar-refractivity contribution in [1.29, 1.82) is 0 Å². The quantitative estimate of drug-likeness (QED) is 0.789. The minimum absolute atomic E-state index is 0.0445. The average molecular weight is 330 g/mol. The van der Waals surface area contributed by atoms with Gasteiger partial charge in [0.25, 0.3) is 5.91 Å². The number of imide groups is 1. The first kappa shape index (κ1) is 13.8. The Bertz CT molecular complexity index is 727. The highest BCUT2D eigenvalue weighted by Crippen LogP contribution is 2.47. The third-order valence-corrected chi connectivity index (χ3v) is 6.38. The van der Waals surface area contributed by atoms with Gasteiger partial charge < -0.3 is 0 Å². The zero-order chi connectivity index (χ0) is 15.3. The number of nitrogens with zero attached hydrogens (tertiary/aromatic N) is 2. The number of fused-ring (bicyclic) bond motifs is 1. The van der Waals surface area contributed by atoms with Crippen LogP contribution in [0.4, 0.5) is 10.5 Å². The lowest BCUT2D eigenvalue weighted by Crippen LogP contribution is -2.33. The van der Waals surface area contributed by atoms with Crippen LogP contribution in [0.1, 0.15) is 15.8 Å². The molecule has 2 atom stereocenters. The lowest BCUT2D eigenvalue weighted by Gasteiger charge is -2.21. The molecule has 112 valence electrons. The summed E-state index contributed by atoms with van der Waals surface area (Å²) in [6.45, 7) is 1.99. The molecule has 2 aromatic rings. The van der Waals surface area contributed by atoms with E-state index < -0.39 is 0 Å². The number of urea groups is 1. The molecular weight excluding hydrogens is 316 g/mol. The third-order valence-electron chi connectivity index (χ3n) is 4.00. The predicted octanol–water partition coefficient (Wildman–Crippen LogP) is 3.64. The van der Waals surface area contributed by atoms with E-state index in [1.165, 1.54) is 4.90 Å². The van der Waals surface area contributed by atoms with Gasteiger partial charge in [-0.1, -0.05) is 23.8 Å². The van der Waals surface area contributed by atoms with Crippen LogP contribution in [-0.4, -0.2) is 28.6 Å². The van der Waals surface area contributed by atoms with Gasteiger partial charge in [-0.05, 0) is 30.5 Å². The molecule has 2 saturated heterocycles. The molecule has 0 bridgehead atoms. The van der Waals surface area contributed by atoms with Gasteiger partial charge in [-0.3, -0.25) is 9.69 Å². The smallest absolute Gasteiger partial charge is 0.294 e. The van der Waals surface area contributed by atoms with E-state index >= 15 is 0 Å². The minimum atomic E-state index is -0.342. The van der Waals surface area contributed by atoms with Crippen LogP contribution in [0.3, 0.4) is 0 Å². The molecule has 0 aliphatic carbocycles. The van der Waals surface area contributed by atoms with E-state index in [1.807, 2.05) is 48.7 Å². The van der Waals surface area contributed by atoms with Crippen molar-refractivity contribution in [2.45, 2.75) is 18.3 Å². The van der Waals surface area contributed by atoms with E-state index in [4.69, 9.17) is 0 Å². The average Bonchev–Trinajstić information content (AvgIpc) is 3.21. The van der Waals surface area contributed by atoms with Crippen LogP contribution in [0.15, 0.2) is 41.8 Å². The summed E-state index contributed by atoms with van der Waals surface area (Å²) in [6.07, 6.45) is 0. The molecule has 3 heterocycles. The van der Waals surface area contributed by atoms with Crippen molar-refractivity contribution in [2.75, 3.05) is 10.7 Å². The van der Waals surface area contributed by atoms with Gasteiger partial charge >= 0.3 is 6.03 Å². The molecule has 0 radical (unpaired) electrons. The number of benzene rings is 1. The second-order valence-electron chi connectivity index (χ2n) is 5.42. The first-order chi connectivity index (χ1) is 10.7. The second kappa shape index (κ2) is 5.14. The Morgan fingerprint density at radius 3 is 2.59 bits per heavy atom. The minimum Gasteiger partial charge on any atom is -0.294 e. The highest BCUT2D eigenvalue weighted by atomic mass is 32.2. The van der Waals surface area contributed by atoms with Crippen molar-refractivity contribution in [2.24, 2.45) is 0 Å². The molecule has 4 rings (SSSR count). The van der Waals surface area contributed by atoms with Gasteiger partial charge in [-0.2, -0.15) is 0 Å². The number of aryl methyl sites for hydroxylation is 1. The maximum Gasteiger partial charge on any atom is 0.333 e. The van der Waals surface area contributed by atoms with Crippen LogP contribution in [0.5, 0.6) is 0 Å². The summed E-state index contributed by atoms with van der Waals surface area (Å²) >= 11 is 3.29. The SMILES string of the molecule is Cc1ccc(N2C(=O)C3CSC(c4cccs4)N3C2=O)cc1. The summed E-state index contributed by atoms with van der Waals surface area (Å²) in [4.78, 5) is 29.6. The van der Waals surface area contributed by atoms with Gasteiger partial charge in [0.2, 0.25) is 0 Å². The van der Waals surface area contributed by atoms with Crippen molar-refractivity contribution in [3.63, 3.8) is 0 Å². The van der Waals surface area contributed by atoms with E-state index in [-0.39, 0.29) is 23.4 Å². The Hall–Kier alpha value is -1.79. The van der Waals surface area contributed by atoms with Crippen LogP contribution in [0.25, 0.3) is 0 Å². The van der Waals surface area contributed by atoms with Gasteiger partial charge in [0, 0.05) is 10.6 Å². The predicted molar refractivity (Wildman–Crippen MR) is 89.2 cm³/mol. The van der Waals surface area contributed by atoms with Gasteiger partial charge in [-0.15, -0.1) is 23.1 Å². The maximum atomic E-state index is 12.8. The molecule has 0 N–H and O–H groups in total. The number of thiophene rings is 1. The second-order valence-corrected chi connectivity index (χ2v) is 7.51. The summed E-state index contributed by atoms with van der Waals surface area (Å²) in [5.41, 5.74) is 1.76. The number of carbonyl (C=O) groups excluding carboxylic acids is 2. The summed E-state index contributed by atoms with van der Waals surface area (Å²) < 4.78 is 0. The first-order valence-electron chi connectivity index (χ1n) is 7.05. The largest absolute Gasteiger partial charge is 0.333 e. The molecular formula is C16H14N2O2S2. The molecule has 0 saturated carbocycles. The van der Waals surface area contributed by atoms with Crippen molar-refractivity contribution in [3.8, 4) is 0 Å². The fourth-order valence-corrected chi connectivity index (χ4v) is 5.25. The summed E-state index contributed by atoms with van der Waals surface area (Å²) in [6, 6.07) is 11.0. The number of thioether (sulfide) groups is 1. The van der Waals surface area contributed by atoms with E-state index in [0.29, 0.717) is 11.4 Å². The molecule has 2 aliphatic rings. The number of amides is 3. The number of carbonyl (C=O) groups is 2. The lowest BCUT2D eigenvalue weighted by atomic mass is 10.2. The number of anilines is 1. The van der Waals surface area contributed by atoms with Crippen LogP contribution in [0.2, 0.25) is 0 Å². The molecule has 22 heavy (non-hydrogen) atoms. The van der Waals surface area contributed by atoms with E-state index in [0.717, 1.165) is 10.4 Å². The van der Waals surface area contributed by atoms with E-state index in [1.54, 1.807) is 28.0 Å². The van der Waals surface area contributed by atoms with Crippen LogP contribution in [-0.2, 0) is 4.79 Å². The summed E-state index contributed by atoms with van der Waals surface area (Å²) in [5, 5.41) is 1.96. The van der Waals surface area contributed by atoms with Crippen LogP contribution < -0.4 is 4.90 Å².